The van der Waals surface area contributed by atoms with Gasteiger partial charge in [0.25, 0.3) is 5.91 Å². The van der Waals surface area contributed by atoms with Gasteiger partial charge in [0.2, 0.25) is 6.29 Å². The molecule has 0 fully saturated rings. The molecule has 0 saturated carbocycles. The van der Waals surface area contributed by atoms with E-state index in [-0.39, 0.29) is 11.9 Å². The first-order valence-electron chi connectivity index (χ1n) is 6.10. The highest BCUT2D eigenvalue weighted by Gasteiger charge is 2.34. The summed E-state index contributed by atoms with van der Waals surface area (Å²) < 4.78 is 5.65. The second kappa shape index (κ2) is 4.80. The summed E-state index contributed by atoms with van der Waals surface area (Å²) in [7, 11) is 0. The third kappa shape index (κ3) is 1.98. The lowest BCUT2D eigenvalue weighted by molar-refractivity contribution is -0.126. The largest absolute Gasteiger partial charge is 0.478 e. The third-order valence-corrected chi connectivity index (χ3v) is 3.01. The summed E-state index contributed by atoms with van der Waals surface area (Å²) in [6.45, 7) is 5.82. The van der Waals surface area contributed by atoms with Gasteiger partial charge in [0.05, 0.1) is 5.69 Å². The molecule has 0 saturated heterocycles. The smallest absolute Gasteiger partial charge is 0.268 e. The molecular weight excluding hydrogens is 230 g/mol. The van der Waals surface area contributed by atoms with Gasteiger partial charge in [0.1, 0.15) is 5.75 Å². The normalized spacial score (nSPS) is 18.6. The zero-order chi connectivity index (χ0) is 13.3. The number of carbonyl (C=O) groups is 1. The Morgan fingerprint density at radius 2 is 2.17 bits per heavy atom. The number of nitrogens with zero attached hydrogens (tertiary/aromatic N) is 1. The summed E-state index contributed by atoms with van der Waals surface area (Å²) >= 11 is 0. The van der Waals surface area contributed by atoms with E-state index in [1.54, 1.807) is 23.1 Å². The molecule has 4 nitrogen and oxygen atoms in total. The van der Waals surface area contributed by atoms with Crippen molar-refractivity contribution in [3.8, 4) is 5.75 Å². The van der Waals surface area contributed by atoms with Crippen LogP contribution in [0.2, 0.25) is 0 Å². The lowest BCUT2D eigenvalue weighted by atomic mass is 10.1. The molecule has 1 atom stereocenters. The van der Waals surface area contributed by atoms with E-state index >= 15 is 0 Å². The number of hydrogen-bond donors (Lipinski definition) is 0. The molecule has 1 aliphatic heterocycles. The number of hydrogen-bond acceptors (Lipinski definition) is 3. The van der Waals surface area contributed by atoms with Gasteiger partial charge in [-0.1, -0.05) is 6.92 Å². The molecule has 95 valence electrons. The van der Waals surface area contributed by atoms with Gasteiger partial charge < -0.3 is 9.64 Å². The van der Waals surface area contributed by atoms with Crippen LogP contribution in [0.25, 0.3) is 0 Å². The van der Waals surface area contributed by atoms with Gasteiger partial charge in [-0.05, 0) is 38.5 Å². The van der Waals surface area contributed by atoms with Gasteiger partial charge in [-0.15, -0.1) is 0 Å². The van der Waals surface area contributed by atoms with E-state index < -0.39 is 6.10 Å². The van der Waals surface area contributed by atoms with E-state index in [4.69, 9.17) is 4.74 Å². The number of benzene rings is 1. The Labute approximate surface area is 107 Å². The molecule has 1 radical (unpaired) electrons. The van der Waals surface area contributed by atoms with E-state index in [9.17, 15) is 9.59 Å². The molecular formula is C14H16NO3. The minimum Gasteiger partial charge on any atom is -0.478 e. The number of carbonyl (C=O) groups excluding carboxylic acids is 2. The van der Waals surface area contributed by atoms with Crippen LogP contribution in [0.4, 0.5) is 5.69 Å². The van der Waals surface area contributed by atoms with E-state index in [2.05, 4.69) is 0 Å². The predicted molar refractivity (Wildman–Crippen MR) is 68.6 cm³/mol. The average Bonchev–Trinajstić information content (AvgIpc) is 2.36. The maximum atomic E-state index is 12.2. The maximum Gasteiger partial charge on any atom is 0.268 e. The molecule has 1 aliphatic rings. The van der Waals surface area contributed by atoms with Crippen molar-refractivity contribution >= 4 is 17.9 Å². The van der Waals surface area contributed by atoms with E-state index in [1.807, 2.05) is 27.1 Å². The van der Waals surface area contributed by atoms with Gasteiger partial charge in [0.15, 0.2) is 6.10 Å². The van der Waals surface area contributed by atoms with E-state index in [0.29, 0.717) is 17.7 Å². The summed E-state index contributed by atoms with van der Waals surface area (Å²) in [4.78, 5) is 24.6. The van der Waals surface area contributed by atoms with Gasteiger partial charge in [-0.2, -0.15) is 0 Å². The van der Waals surface area contributed by atoms with Crippen LogP contribution in [0.5, 0.6) is 5.75 Å². The highest BCUT2D eigenvalue weighted by Crippen LogP contribution is 2.36. The first kappa shape index (κ1) is 12.6. The number of anilines is 1. The Balaban J connectivity index is 2.51. The Kier molecular flexibility index (Phi) is 3.36. The van der Waals surface area contributed by atoms with E-state index in [0.717, 1.165) is 5.69 Å². The summed E-state index contributed by atoms with van der Waals surface area (Å²) in [5.41, 5.74) is 1.15. The Morgan fingerprint density at radius 3 is 2.72 bits per heavy atom. The maximum absolute atomic E-state index is 12.2. The Hall–Kier alpha value is -1.84. The van der Waals surface area contributed by atoms with Gasteiger partial charge in [0, 0.05) is 11.6 Å². The molecule has 1 aromatic rings. The Morgan fingerprint density at radius 1 is 1.44 bits per heavy atom. The Bertz CT molecular complexity index is 482. The quantitative estimate of drug-likeness (QED) is 0.820. The fraction of sp³-hybridized carbons (Fsp3) is 0.429. The molecule has 1 aromatic carbocycles. The highest BCUT2D eigenvalue weighted by molar-refractivity contribution is 6.00. The van der Waals surface area contributed by atoms with E-state index in [1.165, 1.54) is 0 Å². The van der Waals surface area contributed by atoms with Gasteiger partial charge in [-0.25, -0.2) is 0 Å². The van der Waals surface area contributed by atoms with Crippen molar-refractivity contribution in [1.82, 2.24) is 0 Å². The van der Waals surface area contributed by atoms with Crippen LogP contribution in [0.15, 0.2) is 18.2 Å². The summed E-state index contributed by atoms with van der Waals surface area (Å²) in [5.74, 6) is 0.554. The summed E-state index contributed by atoms with van der Waals surface area (Å²) in [6.07, 6.45) is 1.97. The van der Waals surface area contributed by atoms with Crippen molar-refractivity contribution in [1.29, 1.82) is 0 Å². The minimum atomic E-state index is -0.471. The summed E-state index contributed by atoms with van der Waals surface area (Å²) in [5, 5.41) is 0. The second-order valence-corrected chi connectivity index (χ2v) is 4.60. The van der Waals surface area contributed by atoms with Crippen molar-refractivity contribution in [2.24, 2.45) is 0 Å². The molecule has 4 heteroatoms. The van der Waals surface area contributed by atoms with Crippen LogP contribution >= 0.6 is 0 Å². The monoisotopic (exact) mass is 246 g/mol. The van der Waals surface area contributed by atoms with Crippen LogP contribution in [0.1, 0.15) is 32.8 Å². The van der Waals surface area contributed by atoms with Crippen LogP contribution < -0.4 is 9.64 Å². The summed E-state index contributed by atoms with van der Waals surface area (Å²) in [6, 6.07) is 5.07. The molecule has 0 bridgehead atoms. The predicted octanol–water partition coefficient (Wildman–Crippen LogP) is 2.06. The fourth-order valence-electron chi connectivity index (χ4n) is 2.14. The van der Waals surface area contributed by atoms with Crippen molar-refractivity contribution in [2.45, 2.75) is 39.3 Å². The molecule has 1 heterocycles. The number of rotatable bonds is 3. The van der Waals surface area contributed by atoms with Crippen molar-refractivity contribution in [3.05, 3.63) is 23.8 Å². The fourth-order valence-corrected chi connectivity index (χ4v) is 2.14. The molecule has 0 spiro atoms. The van der Waals surface area contributed by atoms with Crippen LogP contribution in [0.3, 0.4) is 0 Å². The number of amides is 1. The molecule has 18 heavy (non-hydrogen) atoms. The standard InChI is InChI=1S/C14H16NO3/c1-4-12-14(17)15(9(2)3)11-6-5-10(8-16)7-13(11)18-12/h5-7,9,12H,4H2,1-3H3/t12-/m0/s1. The average molecular weight is 246 g/mol. The first-order chi connectivity index (χ1) is 8.58. The molecule has 1 amide bonds. The third-order valence-electron chi connectivity index (χ3n) is 3.01. The van der Waals surface area contributed by atoms with Gasteiger partial charge >= 0.3 is 0 Å². The lowest BCUT2D eigenvalue weighted by Crippen LogP contribution is -2.48. The molecule has 0 aromatic heterocycles. The number of fused-ring (bicyclic) bond motifs is 1. The van der Waals surface area contributed by atoms with Crippen molar-refractivity contribution in [3.63, 3.8) is 0 Å². The van der Waals surface area contributed by atoms with Crippen molar-refractivity contribution in [2.75, 3.05) is 4.90 Å². The molecule has 0 unspecified atom stereocenters. The molecule has 0 aliphatic carbocycles. The number of ether oxygens (including phenoxy) is 1. The zero-order valence-electron chi connectivity index (χ0n) is 10.8. The second-order valence-electron chi connectivity index (χ2n) is 4.60. The first-order valence-corrected chi connectivity index (χ1v) is 6.10. The lowest BCUT2D eigenvalue weighted by Gasteiger charge is -2.36. The molecule has 0 N–H and O–H groups in total. The van der Waals surface area contributed by atoms with Crippen molar-refractivity contribution < 1.29 is 14.3 Å². The SMILES string of the molecule is CC[C@@H]1Oc2cc([C]=O)ccc2N(C(C)C)C1=O. The van der Waals surface area contributed by atoms with Crippen LogP contribution in [-0.2, 0) is 9.59 Å². The van der Waals surface area contributed by atoms with Gasteiger partial charge in [-0.3, -0.25) is 9.59 Å². The van der Waals surface area contributed by atoms with Crippen LogP contribution in [0, 0.1) is 0 Å². The minimum absolute atomic E-state index is 0.0252. The molecule has 2 rings (SSSR count). The highest BCUT2D eigenvalue weighted by atomic mass is 16.5. The topological polar surface area (TPSA) is 46.6 Å². The zero-order valence-corrected chi connectivity index (χ0v) is 10.8. The van der Waals surface area contributed by atoms with Crippen LogP contribution in [-0.4, -0.2) is 24.3 Å².